The molecule has 0 N–H and O–H groups in total. The number of hydrogen-bond donors (Lipinski definition) is 0. The van der Waals surface area contributed by atoms with E-state index < -0.39 is 0 Å². The number of hydrogen-bond acceptors (Lipinski definition) is 0. The lowest BCUT2D eigenvalue weighted by atomic mass is 9.84. The van der Waals surface area contributed by atoms with Gasteiger partial charge in [-0.15, -0.1) is 0 Å². The molecule has 0 saturated carbocycles. The number of allylic oxidation sites excluding steroid dienone is 8. The van der Waals surface area contributed by atoms with Gasteiger partial charge in [-0.25, -0.2) is 0 Å². The van der Waals surface area contributed by atoms with Gasteiger partial charge in [0.2, 0.25) is 0 Å². The molecular weight excluding hydrogens is 144 g/mol. The first-order valence-electron chi connectivity index (χ1n) is 4.58. The Hall–Kier alpha value is -1.04. The molecule has 2 rings (SSSR count). The third kappa shape index (κ3) is 1.29. The zero-order valence-electron chi connectivity index (χ0n) is 7.35. The van der Waals surface area contributed by atoms with Crippen LogP contribution in [-0.2, 0) is 0 Å². The fourth-order valence-electron chi connectivity index (χ4n) is 1.86. The van der Waals surface area contributed by atoms with Crippen molar-refractivity contribution in [3.05, 3.63) is 48.6 Å². The van der Waals surface area contributed by atoms with Crippen molar-refractivity contribution >= 4 is 0 Å². The Morgan fingerprint density at radius 3 is 1.42 bits per heavy atom. The minimum Gasteiger partial charge on any atom is -0.0773 e. The van der Waals surface area contributed by atoms with E-state index in [2.05, 4.69) is 55.5 Å². The molecule has 0 aromatic heterocycles. The zero-order valence-corrected chi connectivity index (χ0v) is 7.35. The van der Waals surface area contributed by atoms with Crippen LogP contribution in [0.2, 0.25) is 0 Å². The summed E-state index contributed by atoms with van der Waals surface area (Å²) in [5.41, 5.74) is 0. The van der Waals surface area contributed by atoms with E-state index in [0.717, 1.165) is 0 Å². The van der Waals surface area contributed by atoms with Gasteiger partial charge in [0.05, 0.1) is 0 Å². The van der Waals surface area contributed by atoms with Crippen molar-refractivity contribution in [2.75, 3.05) is 0 Å². The summed E-state index contributed by atoms with van der Waals surface area (Å²) >= 11 is 0. The van der Waals surface area contributed by atoms with Gasteiger partial charge >= 0.3 is 0 Å². The highest BCUT2D eigenvalue weighted by atomic mass is 14.2. The molecule has 0 saturated heterocycles. The maximum absolute atomic E-state index is 2.31. The third-order valence-electron chi connectivity index (χ3n) is 2.77. The van der Waals surface area contributed by atoms with Crippen LogP contribution in [0.3, 0.4) is 0 Å². The highest BCUT2D eigenvalue weighted by Crippen LogP contribution is 2.29. The van der Waals surface area contributed by atoms with E-state index in [4.69, 9.17) is 0 Å². The summed E-state index contributed by atoms with van der Waals surface area (Å²) in [6.45, 7) is 2.31. The largest absolute Gasteiger partial charge is 0.0773 e. The lowest BCUT2D eigenvalue weighted by Crippen LogP contribution is -2.12. The molecule has 0 aliphatic heterocycles. The Balaban J connectivity index is 2.04. The quantitative estimate of drug-likeness (QED) is 0.579. The summed E-state index contributed by atoms with van der Waals surface area (Å²) < 4.78 is 0. The molecule has 0 aromatic carbocycles. The van der Waals surface area contributed by atoms with Crippen LogP contribution in [0.1, 0.15) is 6.92 Å². The predicted molar refractivity (Wildman–Crippen MR) is 52.7 cm³/mol. The average molecular weight is 158 g/mol. The summed E-state index contributed by atoms with van der Waals surface area (Å²) in [4.78, 5) is 0. The summed E-state index contributed by atoms with van der Waals surface area (Å²) in [5.74, 6) is 1.99. The molecule has 0 heterocycles. The van der Waals surface area contributed by atoms with Crippen molar-refractivity contribution in [1.82, 2.24) is 0 Å². The second kappa shape index (κ2) is 3.14. The van der Waals surface area contributed by atoms with Gasteiger partial charge in [0, 0.05) is 0 Å². The van der Waals surface area contributed by atoms with Crippen molar-refractivity contribution in [3.8, 4) is 0 Å². The van der Waals surface area contributed by atoms with E-state index in [0.29, 0.717) is 17.8 Å². The molecule has 0 amide bonds. The summed E-state index contributed by atoms with van der Waals surface area (Å²) in [6.07, 6.45) is 17.7. The molecule has 0 nitrogen and oxygen atoms in total. The first-order valence-corrected chi connectivity index (χ1v) is 4.58. The Kier molecular flexibility index (Phi) is 1.99. The average Bonchev–Trinajstić information content (AvgIpc) is 2.77. The zero-order chi connectivity index (χ0) is 8.39. The molecule has 12 heavy (non-hydrogen) atoms. The molecule has 0 bridgehead atoms. The van der Waals surface area contributed by atoms with E-state index in [1.54, 1.807) is 0 Å². The minimum atomic E-state index is 0.641. The number of rotatable bonds is 2. The van der Waals surface area contributed by atoms with Crippen LogP contribution >= 0.6 is 0 Å². The lowest BCUT2D eigenvalue weighted by Gasteiger charge is -2.20. The Morgan fingerprint density at radius 2 is 1.08 bits per heavy atom. The topological polar surface area (TPSA) is 0 Å². The van der Waals surface area contributed by atoms with Crippen molar-refractivity contribution in [1.29, 1.82) is 0 Å². The van der Waals surface area contributed by atoms with E-state index in [1.165, 1.54) is 0 Å². The van der Waals surface area contributed by atoms with Crippen LogP contribution in [0, 0.1) is 17.8 Å². The summed E-state index contributed by atoms with van der Waals surface area (Å²) in [6, 6.07) is 0. The Bertz CT molecular complexity index is 214. The van der Waals surface area contributed by atoms with E-state index in [1.807, 2.05) is 0 Å². The molecule has 0 aromatic rings. The van der Waals surface area contributed by atoms with Gasteiger partial charge in [-0.05, 0) is 17.8 Å². The maximum atomic E-state index is 2.31. The van der Waals surface area contributed by atoms with Crippen LogP contribution in [-0.4, -0.2) is 0 Å². The van der Waals surface area contributed by atoms with Crippen LogP contribution in [0.15, 0.2) is 48.6 Å². The van der Waals surface area contributed by atoms with E-state index in [-0.39, 0.29) is 0 Å². The van der Waals surface area contributed by atoms with Crippen molar-refractivity contribution in [2.24, 2.45) is 17.8 Å². The highest BCUT2D eigenvalue weighted by Gasteiger charge is 2.20. The van der Waals surface area contributed by atoms with Crippen molar-refractivity contribution in [2.45, 2.75) is 6.92 Å². The maximum Gasteiger partial charge on any atom is -0.00130 e. The summed E-state index contributed by atoms with van der Waals surface area (Å²) in [7, 11) is 0. The van der Waals surface area contributed by atoms with Gasteiger partial charge < -0.3 is 0 Å². The molecule has 0 fully saturated rings. The lowest BCUT2D eigenvalue weighted by molar-refractivity contribution is 0.436. The summed E-state index contributed by atoms with van der Waals surface area (Å²) in [5, 5.41) is 0. The normalized spacial score (nSPS) is 22.2. The van der Waals surface area contributed by atoms with Crippen LogP contribution < -0.4 is 0 Å². The van der Waals surface area contributed by atoms with Gasteiger partial charge in [0.1, 0.15) is 0 Å². The highest BCUT2D eigenvalue weighted by molar-refractivity contribution is 5.24. The fraction of sp³-hybridized carbons (Fsp3) is 0.333. The minimum absolute atomic E-state index is 0.641. The Labute approximate surface area is 74.0 Å². The SMILES string of the molecule is CC(C1C=CC=C1)C1C=CC=C1. The van der Waals surface area contributed by atoms with Crippen LogP contribution in [0.4, 0.5) is 0 Å². The molecule has 0 unspecified atom stereocenters. The van der Waals surface area contributed by atoms with Crippen LogP contribution in [0.5, 0.6) is 0 Å². The molecule has 2 aliphatic rings. The first-order chi connectivity index (χ1) is 5.88. The van der Waals surface area contributed by atoms with Gasteiger partial charge in [-0.1, -0.05) is 55.5 Å². The van der Waals surface area contributed by atoms with Crippen LogP contribution in [0.25, 0.3) is 0 Å². The predicted octanol–water partition coefficient (Wildman–Crippen LogP) is 3.11. The molecule has 0 radical (unpaired) electrons. The first kappa shape index (κ1) is 7.60. The van der Waals surface area contributed by atoms with Gasteiger partial charge in [-0.2, -0.15) is 0 Å². The molecule has 2 aliphatic carbocycles. The standard InChI is InChI=1S/C12H14/c1-10(11-6-2-3-7-11)12-8-4-5-9-12/h2-12H,1H3. The monoisotopic (exact) mass is 158 g/mol. The molecule has 0 heteroatoms. The fourth-order valence-corrected chi connectivity index (χ4v) is 1.86. The van der Waals surface area contributed by atoms with Gasteiger partial charge in [0.15, 0.2) is 0 Å². The van der Waals surface area contributed by atoms with E-state index >= 15 is 0 Å². The smallest absolute Gasteiger partial charge is 0.00130 e. The molecule has 0 spiro atoms. The van der Waals surface area contributed by atoms with E-state index in [9.17, 15) is 0 Å². The van der Waals surface area contributed by atoms with Gasteiger partial charge in [-0.3, -0.25) is 0 Å². The van der Waals surface area contributed by atoms with Crippen molar-refractivity contribution < 1.29 is 0 Å². The molecule has 0 atom stereocenters. The van der Waals surface area contributed by atoms with Crippen molar-refractivity contribution in [3.63, 3.8) is 0 Å². The molecule has 62 valence electrons. The molecular formula is C12H14. The Morgan fingerprint density at radius 1 is 0.750 bits per heavy atom. The second-order valence-electron chi connectivity index (χ2n) is 3.55. The van der Waals surface area contributed by atoms with Gasteiger partial charge in [0.25, 0.3) is 0 Å². The second-order valence-corrected chi connectivity index (χ2v) is 3.55. The third-order valence-corrected chi connectivity index (χ3v) is 2.77.